The molecular weight excluding hydrogens is 189 g/mol. The predicted octanol–water partition coefficient (Wildman–Crippen LogP) is -2.23. The third-order valence-corrected chi connectivity index (χ3v) is 1.76. The van der Waals surface area contributed by atoms with Gasteiger partial charge in [0.1, 0.15) is 0 Å². The number of pyridine rings is 1. The van der Waals surface area contributed by atoms with Crippen LogP contribution < -0.4 is 29.6 Å². The molecule has 0 bridgehead atoms. The second kappa shape index (κ2) is 5.88. The van der Waals surface area contributed by atoms with E-state index in [0.717, 1.165) is 10.9 Å². The molecule has 0 aliphatic heterocycles. The van der Waals surface area contributed by atoms with Crippen LogP contribution in [0, 0.1) is 0 Å². The van der Waals surface area contributed by atoms with Gasteiger partial charge in [-0.25, -0.2) is 0 Å². The van der Waals surface area contributed by atoms with Gasteiger partial charge >= 0.3 is 29.6 Å². The molecule has 0 unspecified atom stereocenters. The molecule has 1 aromatic heterocycles. The van der Waals surface area contributed by atoms with Gasteiger partial charge in [-0.1, -0.05) is 17.5 Å². The molecule has 1 heterocycles. The molecule has 3 nitrogen and oxygen atoms in total. The van der Waals surface area contributed by atoms with E-state index < -0.39 is 0 Å². The molecule has 0 saturated heterocycles. The summed E-state index contributed by atoms with van der Waals surface area (Å²) in [5, 5.41) is 0.856. The van der Waals surface area contributed by atoms with E-state index in [1.165, 1.54) is 0 Å². The third-order valence-electron chi connectivity index (χ3n) is 1.76. The van der Waals surface area contributed by atoms with E-state index >= 15 is 0 Å². The Balaban J connectivity index is 0.000000845. The quantitative estimate of drug-likeness (QED) is 0.296. The average molecular weight is 198 g/mol. The van der Waals surface area contributed by atoms with Crippen molar-refractivity contribution in [1.82, 2.24) is 4.98 Å². The number of aromatic nitrogens is 1. The fourth-order valence-electron chi connectivity index (χ4n) is 1.18. The maximum atomic E-state index is 10.5. The molecule has 1 aromatic carbocycles. The second-order valence-corrected chi connectivity index (χ2v) is 2.48. The smallest absolute Gasteiger partial charge is 0.457 e. The summed E-state index contributed by atoms with van der Waals surface area (Å²) in [5.41, 5.74) is 1.40. The van der Waals surface area contributed by atoms with Gasteiger partial charge in [-0.2, -0.15) is 0 Å². The number of nitrogens with zero attached hydrogens (tertiary/aromatic N) is 1. The minimum absolute atomic E-state index is 0. The van der Waals surface area contributed by atoms with Crippen LogP contribution in [0.1, 0.15) is 5.56 Å². The summed E-state index contributed by atoms with van der Waals surface area (Å²) in [5.74, 6) is 0. The number of benzene rings is 1. The molecule has 0 amide bonds. The Hall–Kier alpha value is -0.740. The monoisotopic (exact) mass is 198 g/mol. The summed E-state index contributed by atoms with van der Waals surface area (Å²) in [7, 11) is 0. The molecule has 0 atom stereocenters. The Morgan fingerprint density at radius 2 is 1.86 bits per heavy atom. The van der Waals surface area contributed by atoms with Gasteiger partial charge in [-0.15, -0.1) is 17.7 Å². The first-order chi connectivity index (χ1) is 5.92. The molecule has 3 N–H and O–H groups in total. The van der Waals surface area contributed by atoms with Gasteiger partial charge in [0.05, 0.1) is 6.29 Å². The fraction of sp³-hybridized carbons (Fsp3) is 0. The topological polar surface area (TPSA) is 63.0 Å². The van der Waals surface area contributed by atoms with Crippen molar-refractivity contribution < 1.29 is 39.8 Å². The molecule has 14 heavy (non-hydrogen) atoms. The zero-order chi connectivity index (χ0) is 8.39. The van der Waals surface area contributed by atoms with Crippen molar-refractivity contribution in [2.75, 3.05) is 0 Å². The van der Waals surface area contributed by atoms with Crippen LogP contribution in [0.15, 0.2) is 36.5 Å². The van der Waals surface area contributed by atoms with Crippen molar-refractivity contribution in [3.63, 3.8) is 0 Å². The summed E-state index contributed by atoms with van der Waals surface area (Å²) >= 11 is 0. The molecule has 0 radical (unpaired) electrons. The largest absolute Gasteiger partial charge is 1.00 e. The third kappa shape index (κ3) is 2.39. The number of fused-ring (bicyclic) bond motifs is 1. The summed E-state index contributed by atoms with van der Waals surface area (Å²) < 4.78 is 0. The Kier molecular flexibility index (Phi) is 5.57. The SMILES string of the molecule is O=[C-]c1ccnc2ccccc12.[Na+].[OH3+]. The fourth-order valence-corrected chi connectivity index (χ4v) is 1.18. The normalized spacial score (nSPS) is 8.57. The van der Waals surface area contributed by atoms with E-state index in [9.17, 15) is 4.79 Å². The second-order valence-electron chi connectivity index (χ2n) is 2.48. The Morgan fingerprint density at radius 3 is 2.57 bits per heavy atom. The molecular formula is C10H9NNaO2+. The molecule has 2 aromatic rings. The van der Waals surface area contributed by atoms with Crippen LogP contribution in [0.25, 0.3) is 10.9 Å². The van der Waals surface area contributed by atoms with Gasteiger partial charge in [-0.3, -0.25) is 4.98 Å². The summed E-state index contributed by atoms with van der Waals surface area (Å²) in [6.07, 6.45) is 3.49. The predicted molar refractivity (Wildman–Crippen MR) is 51.4 cm³/mol. The molecule has 0 saturated carbocycles. The van der Waals surface area contributed by atoms with Crippen LogP contribution >= 0.6 is 0 Å². The zero-order valence-corrected chi connectivity index (χ0v) is 9.90. The first-order valence-electron chi connectivity index (χ1n) is 3.64. The van der Waals surface area contributed by atoms with Crippen molar-refractivity contribution in [3.05, 3.63) is 42.1 Å². The summed E-state index contributed by atoms with van der Waals surface area (Å²) in [6, 6.07) is 9.17. The molecule has 0 fully saturated rings. The van der Waals surface area contributed by atoms with Crippen LogP contribution in [0.2, 0.25) is 0 Å². The van der Waals surface area contributed by atoms with Gasteiger partial charge in [0.15, 0.2) is 0 Å². The van der Waals surface area contributed by atoms with Crippen molar-refractivity contribution in [3.8, 4) is 0 Å². The maximum Gasteiger partial charge on any atom is 1.00 e. The van der Waals surface area contributed by atoms with E-state index in [-0.39, 0.29) is 35.0 Å². The number of rotatable bonds is 1. The molecule has 0 aliphatic carbocycles. The molecule has 4 heteroatoms. The van der Waals surface area contributed by atoms with E-state index in [2.05, 4.69) is 4.98 Å². The molecule has 2 rings (SSSR count). The van der Waals surface area contributed by atoms with Crippen molar-refractivity contribution in [2.45, 2.75) is 0 Å². The van der Waals surface area contributed by atoms with Crippen LogP contribution in [0.3, 0.4) is 0 Å². The minimum Gasteiger partial charge on any atom is -0.457 e. The van der Waals surface area contributed by atoms with Crippen LogP contribution in [-0.4, -0.2) is 11.3 Å². The summed E-state index contributed by atoms with van der Waals surface area (Å²) in [6.45, 7) is 0. The molecule has 0 spiro atoms. The molecule has 66 valence electrons. The van der Waals surface area contributed by atoms with Crippen LogP contribution in [0.5, 0.6) is 0 Å². The first-order valence-corrected chi connectivity index (χ1v) is 3.64. The average Bonchev–Trinajstić information content (AvgIpc) is 2.17. The van der Waals surface area contributed by atoms with Gasteiger partial charge < -0.3 is 10.3 Å². The minimum atomic E-state index is 0. The van der Waals surface area contributed by atoms with E-state index in [1.54, 1.807) is 12.3 Å². The number of para-hydroxylation sites is 1. The Labute approximate surface area is 104 Å². The van der Waals surface area contributed by atoms with Crippen molar-refractivity contribution >= 4 is 17.2 Å². The van der Waals surface area contributed by atoms with E-state index in [1.807, 2.05) is 30.6 Å². The van der Waals surface area contributed by atoms with Gasteiger partial charge in [0.25, 0.3) is 0 Å². The zero-order valence-electron chi connectivity index (χ0n) is 7.90. The Bertz CT molecular complexity index is 426. The van der Waals surface area contributed by atoms with Crippen LogP contribution in [0.4, 0.5) is 0 Å². The first kappa shape index (κ1) is 13.3. The number of carbonyl (C=O) groups excluding carboxylic acids is 1. The van der Waals surface area contributed by atoms with Crippen molar-refractivity contribution in [2.24, 2.45) is 0 Å². The maximum absolute atomic E-state index is 10.5. The standard InChI is InChI=1S/C10H6NO.Na.H2O/c12-7-8-5-6-11-10-4-2-1-3-9(8)10;;/h1-6H;;1H2/q-1;+1;/p+1. The number of hydrogen-bond donors (Lipinski definition) is 0. The van der Waals surface area contributed by atoms with E-state index in [4.69, 9.17) is 0 Å². The number of hydrogen-bond acceptors (Lipinski definition) is 2. The van der Waals surface area contributed by atoms with Gasteiger partial charge in [-0.05, 0) is 12.3 Å². The van der Waals surface area contributed by atoms with Gasteiger partial charge in [0, 0.05) is 5.52 Å². The van der Waals surface area contributed by atoms with Crippen LogP contribution in [-0.2, 0) is 10.3 Å². The van der Waals surface area contributed by atoms with Gasteiger partial charge in [0.2, 0.25) is 0 Å². The Morgan fingerprint density at radius 1 is 1.14 bits per heavy atom. The van der Waals surface area contributed by atoms with Crippen molar-refractivity contribution in [1.29, 1.82) is 0 Å². The molecule has 0 aliphatic rings. The van der Waals surface area contributed by atoms with E-state index in [0.29, 0.717) is 5.56 Å². The summed E-state index contributed by atoms with van der Waals surface area (Å²) in [4.78, 5) is 14.6.